The van der Waals surface area contributed by atoms with E-state index in [0.29, 0.717) is 24.0 Å². The first kappa shape index (κ1) is 22.4. The first-order chi connectivity index (χ1) is 15.5. The van der Waals surface area contributed by atoms with Crippen LogP contribution in [0.3, 0.4) is 0 Å². The SMILES string of the molecule is COc1cccc(-n2cc(CN(C)C3CCC(=O)N(Cc4cccc(Cl)c4)CC3)cn2)c1. The molecule has 1 fully saturated rings. The van der Waals surface area contributed by atoms with Crippen LogP contribution in [0, 0.1) is 0 Å². The molecule has 0 N–H and O–H groups in total. The largest absolute Gasteiger partial charge is 0.497 e. The second kappa shape index (κ2) is 10.2. The van der Waals surface area contributed by atoms with Crippen molar-refractivity contribution in [3.8, 4) is 11.4 Å². The molecule has 6 nitrogen and oxygen atoms in total. The summed E-state index contributed by atoms with van der Waals surface area (Å²) in [5.74, 6) is 1.02. The minimum atomic E-state index is 0.215. The standard InChI is InChI=1S/C25H29ClN4O2/c1-28(16-20-15-27-30(18-20)23-7-4-8-24(14-23)32-2)22-9-10-25(31)29(12-11-22)17-19-5-3-6-21(26)13-19/h3-8,13-15,18,22H,9-12,16-17H2,1-2H3. The molecule has 32 heavy (non-hydrogen) atoms. The summed E-state index contributed by atoms with van der Waals surface area (Å²) in [6.07, 6.45) is 6.35. The lowest BCUT2D eigenvalue weighted by atomic mass is 10.1. The zero-order chi connectivity index (χ0) is 22.5. The smallest absolute Gasteiger partial charge is 0.222 e. The molecule has 0 aliphatic carbocycles. The molecule has 2 heterocycles. The minimum absolute atomic E-state index is 0.215. The maximum atomic E-state index is 12.7. The number of aromatic nitrogens is 2. The van der Waals surface area contributed by atoms with Crippen molar-refractivity contribution in [1.29, 1.82) is 0 Å². The number of likely N-dealkylation sites (tertiary alicyclic amines) is 1. The highest BCUT2D eigenvalue weighted by Gasteiger charge is 2.25. The quantitative estimate of drug-likeness (QED) is 0.527. The number of hydrogen-bond acceptors (Lipinski definition) is 4. The molecular formula is C25H29ClN4O2. The van der Waals surface area contributed by atoms with Crippen LogP contribution < -0.4 is 4.74 Å². The van der Waals surface area contributed by atoms with E-state index in [2.05, 4.69) is 23.2 Å². The highest BCUT2D eigenvalue weighted by atomic mass is 35.5. The van der Waals surface area contributed by atoms with E-state index in [1.165, 1.54) is 0 Å². The average Bonchev–Trinajstić information content (AvgIpc) is 3.18. The minimum Gasteiger partial charge on any atom is -0.497 e. The normalized spacial score (nSPS) is 16.9. The monoisotopic (exact) mass is 452 g/mol. The number of carbonyl (C=O) groups is 1. The van der Waals surface area contributed by atoms with Gasteiger partial charge in [0.15, 0.2) is 0 Å². The van der Waals surface area contributed by atoms with Gasteiger partial charge in [-0.15, -0.1) is 0 Å². The topological polar surface area (TPSA) is 50.6 Å². The number of ether oxygens (including phenoxy) is 1. The van der Waals surface area contributed by atoms with Crippen molar-refractivity contribution in [2.75, 3.05) is 20.7 Å². The van der Waals surface area contributed by atoms with Crippen LogP contribution in [0.15, 0.2) is 60.9 Å². The van der Waals surface area contributed by atoms with Gasteiger partial charge in [-0.1, -0.05) is 29.8 Å². The Labute approximate surface area is 194 Å². The Morgan fingerprint density at radius 3 is 2.81 bits per heavy atom. The third-order valence-electron chi connectivity index (χ3n) is 6.05. The van der Waals surface area contributed by atoms with E-state index < -0.39 is 0 Å². The molecule has 1 amide bonds. The van der Waals surface area contributed by atoms with E-state index >= 15 is 0 Å². The van der Waals surface area contributed by atoms with Crippen LogP contribution in [-0.4, -0.2) is 52.2 Å². The van der Waals surface area contributed by atoms with Crippen molar-refractivity contribution in [3.05, 3.63) is 77.1 Å². The van der Waals surface area contributed by atoms with Gasteiger partial charge >= 0.3 is 0 Å². The van der Waals surface area contributed by atoms with Crippen molar-refractivity contribution in [3.63, 3.8) is 0 Å². The molecule has 0 spiro atoms. The second-order valence-electron chi connectivity index (χ2n) is 8.34. The zero-order valence-corrected chi connectivity index (χ0v) is 19.3. The molecule has 4 rings (SSSR count). The number of nitrogens with zero attached hydrogens (tertiary/aromatic N) is 4. The highest BCUT2D eigenvalue weighted by molar-refractivity contribution is 6.30. The van der Waals surface area contributed by atoms with Gasteiger partial charge in [0.05, 0.1) is 19.0 Å². The molecule has 0 bridgehead atoms. The fraction of sp³-hybridized carbons (Fsp3) is 0.360. The summed E-state index contributed by atoms with van der Waals surface area (Å²) in [4.78, 5) is 17.0. The molecule has 1 aromatic heterocycles. The summed E-state index contributed by atoms with van der Waals surface area (Å²) in [5, 5.41) is 5.22. The van der Waals surface area contributed by atoms with Crippen LogP contribution in [-0.2, 0) is 17.9 Å². The van der Waals surface area contributed by atoms with Gasteiger partial charge in [-0.3, -0.25) is 9.69 Å². The Morgan fingerprint density at radius 1 is 1.16 bits per heavy atom. The van der Waals surface area contributed by atoms with E-state index in [-0.39, 0.29) is 5.91 Å². The number of carbonyl (C=O) groups excluding carboxylic acids is 1. The molecule has 168 valence electrons. The number of methoxy groups -OCH3 is 1. The molecule has 1 unspecified atom stereocenters. The van der Waals surface area contributed by atoms with Gasteiger partial charge < -0.3 is 9.64 Å². The van der Waals surface area contributed by atoms with Crippen molar-refractivity contribution in [2.24, 2.45) is 0 Å². The van der Waals surface area contributed by atoms with E-state index in [1.807, 2.05) is 64.3 Å². The number of rotatable bonds is 7. The van der Waals surface area contributed by atoms with E-state index in [1.54, 1.807) is 7.11 Å². The van der Waals surface area contributed by atoms with Crippen LogP contribution >= 0.6 is 11.6 Å². The Bertz CT molecular complexity index is 1070. The van der Waals surface area contributed by atoms with Gasteiger partial charge in [0, 0.05) is 54.9 Å². The molecule has 3 aromatic rings. The molecule has 1 atom stereocenters. The van der Waals surface area contributed by atoms with E-state index in [4.69, 9.17) is 16.3 Å². The Balaban J connectivity index is 1.36. The molecule has 1 aliphatic heterocycles. The molecule has 1 aliphatic rings. The van der Waals surface area contributed by atoms with Gasteiger partial charge in [0.2, 0.25) is 5.91 Å². The van der Waals surface area contributed by atoms with Gasteiger partial charge in [-0.25, -0.2) is 4.68 Å². The zero-order valence-electron chi connectivity index (χ0n) is 18.6. The number of amides is 1. The summed E-state index contributed by atoms with van der Waals surface area (Å²) in [6.45, 7) is 2.16. The lowest BCUT2D eigenvalue weighted by Crippen LogP contribution is -2.33. The van der Waals surface area contributed by atoms with Gasteiger partial charge in [-0.05, 0) is 49.7 Å². The summed E-state index contributed by atoms with van der Waals surface area (Å²) < 4.78 is 7.18. The van der Waals surface area contributed by atoms with Gasteiger partial charge in [-0.2, -0.15) is 5.10 Å². The van der Waals surface area contributed by atoms with Crippen molar-refractivity contribution in [1.82, 2.24) is 19.6 Å². The van der Waals surface area contributed by atoms with Crippen LogP contribution in [0.2, 0.25) is 5.02 Å². The second-order valence-corrected chi connectivity index (χ2v) is 8.77. The molecule has 2 aromatic carbocycles. The molecule has 7 heteroatoms. The average molecular weight is 453 g/mol. The van der Waals surface area contributed by atoms with E-state index in [9.17, 15) is 4.79 Å². The van der Waals surface area contributed by atoms with Gasteiger partial charge in [0.25, 0.3) is 0 Å². The maximum Gasteiger partial charge on any atom is 0.222 e. The van der Waals surface area contributed by atoms with E-state index in [0.717, 1.165) is 48.5 Å². The lowest BCUT2D eigenvalue weighted by molar-refractivity contribution is -0.131. The Morgan fingerprint density at radius 2 is 2.00 bits per heavy atom. The van der Waals surface area contributed by atoms with Crippen molar-refractivity contribution < 1.29 is 9.53 Å². The van der Waals surface area contributed by atoms with Crippen LogP contribution in [0.5, 0.6) is 5.75 Å². The Hall–Kier alpha value is -2.83. The highest BCUT2D eigenvalue weighted by Crippen LogP contribution is 2.22. The summed E-state index contributed by atoms with van der Waals surface area (Å²) >= 11 is 6.11. The fourth-order valence-electron chi connectivity index (χ4n) is 4.24. The van der Waals surface area contributed by atoms with Crippen molar-refractivity contribution >= 4 is 17.5 Å². The summed E-state index contributed by atoms with van der Waals surface area (Å²) in [7, 11) is 3.79. The number of benzene rings is 2. The lowest BCUT2D eigenvalue weighted by Gasteiger charge is -2.26. The van der Waals surface area contributed by atoms with Crippen molar-refractivity contribution in [2.45, 2.75) is 38.4 Å². The third-order valence-corrected chi connectivity index (χ3v) is 6.28. The third kappa shape index (κ3) is 5.50. The Kier molecular flexibility index (Phi) is 7.12. The number of hydrogen-bond donors (Lipinski definition) is 0. The molecular weight excluding hydrogens is 424 g/mol. The number of halogens is 1. The maximum absolute atomic E-state index is 12.7. The molecule has 0 radical (unpaired) electrons. The predicted molar refractivity (Wildman–Crippen MR) is 126 cm³/mol. The first-order valence-electron chi connectivity index (χ1n) is 10.9. The fourth-order valence-corrected chi connectivity index (χ4v) is 4.45. The van der Waals surface area contributed by atoms with Crippen LogP contribution in [0.1, 0.15) is 30.4 Å². The first-order valence-corrected chi connectivity index (χ1v) is 11.3. The van der Waals surface area contributed by atoms with Crippen LogP contribution in [0.4, 0.5) is 0 Å². The summed E-state index contributed by atoms with van der Waals surface area (Å²) in [6, 6.07) is 15.9. The molecule has 1 saturated heterocycles. The predicted octanol–water partition coefficient (Wildman–Crippen LogP) is 4.55. The van der Waals surface area contributed by atoms with Crippen LogP contribution in [0.25, 0.3) is 5.69 Å². The van der Waals surface area contributed by atoms with Gasteiger partial charge in [0.1, 0.15) is 5.75 Å². The summed E-state index contributed by atoms with van der Waals surface area (Å²) in [5.41, 5.74) is 3.18. The molecule has 0 saturated carbocycles.